The van der Waals surface area contributed by atoms with Crippen LogP contribution in [0, 0.1) is 0 Å². The molecule has 1 heterocycles. The minimum atomic E-state index is 0.207. The number of rotatable bonds is 0. The molecule has 0 aromatic heterocycles. The predicted octanol–water partition coefficient (Wildman–Crippen LogP) is 1.96. The molecule has 0 bridgehead atoms. The van der Waals surface area contributed by atoms with Crippen LogP contribution in [-0.2, 0) is 12.8 Å². The first-order valence-electron chi connectivity index (χ1n) is 5.39. The lowest BCUT2D eigenvalue weighted by Gasteiger charge is -2.21. The highest BCUT2D eigenvalue weighted by Gasteiger charge is 2.26. The van der Waals surface area contributed by atoms with Crippen LogP contribution in [0.2, 0.25) is 0 Å². The molecule has 2 nitrogen and oxygen atoms in total. The fourth-order valence-electron chi connectivity index (χ4n) is 2.57. The molecule has 1 aliphatic carbocycles. The SMILES string of the molecule is N[C@@H]1CCc2ccc3c(c21)OCCC3. The van der Waals surface area contributed by atoms with E-state index in [9.17, 15) is 0 Å². The van der Waals surface area contributed by atoms with E-state index in [1.807, 2.05) is 0 Å². The highest BCUT2D eigenvalue weighted by Crippen LogP contribution is 2.40. The van der Waals surface area contributed by atoms with Crippen LogP contribution in [0.1, 0.15) is 35.6 Å². The maximum Gasteiger partial charge on any atom is 0.127 e. The Morgan fingerprint density at radius 3 is 3.00 bits per heavy atom. The molecule has 0 amide bonds. The summed E-state index contributed by atoms with van der Waals surface area (Å²) in [5, 5.41) is 0. The fraction of sp³-hybridized carbons (Fsp3) is 0.500. The van der Waals surface area contributed by atoms with Crippen LogP contribution < -0.4 is 10.5 Å². The Balaban J connectivity index is 2.18. The van der Waals surface area contributed by atoms with Crippen LogP contribution in [0.15, 0.2) is 12.1 Å². The predicted molar refractivity (Wildman–Crippen MR) is 55.5 cm³/mol. The van der Waals surface area contributed by atoms with Crippen LogP contribution in [0.3, 0.4) is 0 Å². The van der Waals surface area contributed by atoms with Gasteiger partial charge in [-0.15, -0.1) is 0 Å². The second-order valence-corrected chi connectivity index (χ2v) is 4.22. The Morgan fingerprint density at radius 1 is 1.21 bits per heavy atom. The number of fused-ring (bicyclic) bond motifs is 3. The molecule has 0 radical (unpaired) electrons. The molecule has 1 aromatic rings. The minimum absolute atomic E-state index is 0.207. The molecule has 2 heteroatoms. The van der Waals surface area contributed by atoms with Crippen LogP contribution in [0.25, 0.3) is 0 Å². The quantitative estimate of drug-likeness (QED) is 0.677. The third-order valence-corrected chi connectivity index (χ3v) is 3.30. The van der Waals surface area contributed by atoms with Gasteiger partial charge in [0.25, 0.3) is 0 Å². The summed E-state index contributed by atoms with van der Waals surface area (Å²) in [6, 6.07) is 4.65. The minimum Gasteiger partial charge on any atom is -0.493 e. The number of benzene rings is 1. The molecule has 2 N–H and O–H groups in total. The number of aryl methyl sites for hydroxylation is 2. The third-order valence-electron chi connectivity index (χ3n) is 3.30. The third kappa shape index (κ3) is 1.07. The van der Waals surface area contributed by atoms with Gasteiger partial charge >= 0.3 is 0 Å². The summed E-state index contributed by atoms with van der Waals surface area (Å²) in [6.07, 6.45) is 4.48. The Morgan fingerprint density at radius 2 is 2.07 bits per heavy atom. The lowest BCUT2D eigenvalue weighted by molar-refractivity contribution is 0.284. The van der Waals surface area contributed by atoms with E-state index in [4.69, 9.17) is 10.5 Å². The van der Waals surface area contributed by atoms with Gasteiger partial charge in [-0.25, -0.2) is 0 Å². The van der Waals surface area contributed by atoms with Crippen molar-refractivity contribution in [1.29, 1.82) is 0 Å². The maximum absolute atomic E-state index is 6.09. The van der Waals surface area contributed by atoms with Gasteiger partial charge in [-0.1, -0.05) is 12.1 Å². The van der Waals surface area contributed by atoms with Crippen LogP contribution in [0.4, 0.5) is 0 Å². The van der Waals surface area contributed by atoms with Gasteiger partial charge in [0.1, 0.15) is 5.75 Å². The lowest BCUT2D eigenvalue weighted by Crippen LogP contribution is -2.14. The van der Waals surface area contributed by atoms with Crippen molar-refractivity contribution in [2.24, 2.45) is 5.73 Å². The molecule has 14 heavy (non-hydrogen) atoms. The fourth-order valence-corrected chi connectivity index (χ4v) is 2.57. The first-order valence-corrected chi connectivity index (χ1v) is 5.39. The van der Waals surface area contributed by atoms with Gasteiger partial charge in [0.05, 0.1) is 6.61 Å². The van der Waals surface area contributed by atoms with E-state index in [2.05, 4.69) is 12.1 Å². The standard InChI is InChI=1S/C12H15NO/c13-10-6-5-8-3-4-9-2-1-7-14-12(9)11(8)10/h3-4,10H,1-2,5-7,13H2/t10-/m1/s1. The molecule has 3 rings (SSSR count). The van der Waals surface area contributed by atoms with Crippen LogP contribution >= 0.6 is 0 Å². The molecule has 0 saturated carbocycles. The number of ether oxygens (including phenoxy) is 1. The second-order valence-electron chi connectivity index (χ2n) is 4.22. The molecule has 74 valence electrons. The zero-order chi connectivity index (χ0) is 9.54. The molecule has 1 atom stereocenters. The van der Waals surface area contributed by atoms with Crippen LogP contribution in [0.5, 0.6) is 5.75 Å². The van der Waals surface area contributed by atoms with Crippen LogP contribution in [-0.4, -0.2) is 6.61 Å². The summed E-state index contributed by atoms with van der Waals surface area (Å²) in [4.78, 5) is 0. The van der Waals surface area contributed by atoms with E-state index in [1.54, 1.807) is 0 Å². The first-order chi connectivity index (χ1) is 6.86. The van der Waals surface area contributed by atoms with Crippen molar-refractivity contribution in [2.45, 2.75) is 31.7 Å². The molecule has 1 aliphatic heterocycles. The normalized spacial score (nSPS) is 23.9. The molecule has 2 aliphatic rings. The first kappa shape index (κ1) is 8.30. The molecule has 0 saturated heterocycles. The van der Waals surface area contributed by atoms with E-state index in [0.717, 1.165) is 38.0 Å². The Hall–Kier alpha value is -1.02. The highest BCUT2D eigenvalue weighted by molar-refractivity contribution is 5.51. The zero-order valence-corrected chi connectivity index (χ0v) is 8.25. The Labute approximate surface area is 84.1 Å². The van der Waals surface area contributed by atoms with Gasteiger partial charge < -0.3 is 10.5 Å². The molecular weight excluding hydrogens is 174 g/mol. The van der Waals surface area contributed by atoms with E-state index >= 15 is 0 Å². The molecule has 0 fully saturated rings. The Kier molecular flexibility index (Phi) is 1.77. The summed E-state index contributed by atoms with van der Waals surface area (Å²) in [6.45, 7) is 0.857. The summed E-state index contributed by atoms with van der Waals surface area (Å²) >= 11 is 0. The number of hydrogen-bond donors (Lipinski definition) is 1. The average molecular weight is 189 g/mol. The monoisotopic (exact) mass is 189 g/mol. The second kappa shape index (κ2) is 2.99. The van der Waals surface area contributed by atoms with E-state index < -0.39 is 0 Å². The number of nitrogens with two attached hydrogens (primary N) is 1. The average Bonchev–Trinajstić information content (AvgIpc) is 2.61. The number of hydrogen-bond acceptors (Lipinski definition) is 2. The van der Waals surface area contributed by atoms with Gasteiger partial charge in [-0.3, -0.25) is 0 Å². The van der Waals surface area contributed by atoms with Crippen molar-refractivity contribution < 1.29 is 4.74 Å². The lowest BCUT2D eigenvalue weighted by atomic mass is 9.98. The van der Waals surface area contributed by atoms with Crippen molar-refractivity contribution in [1.82, 2.24) is 0 Å². The van der Waals surface area contributed by atoms with Crippen molar-refractivity contribution >= 4 is 0 Å². The molecule has 0 unspecified atom stereocenters. The smallest absolute Gasteiger partial charge is 0.127 e. The topological polar surface area (TPSA) is 35.2 Å². The summed E-state index contributed by atoms with van der Waals surface area (Å²) in [5.74, 6) is 1.11. The summed E-state index contributed by atoms with van der Waals surface area (Å²) in [7, 11) is 0. The van der Waals surface area contributed by atoms with Gasteiger partial charge in [0.2, 0.25) is 0 Å². The zero-order valence-electron chi connectivity index (χ0n) is 8.25. The van der Waals surface area contributed by atoms with E-state index in [0.29, 0.717) is 0 Å². The van der Waals surface area contributed by atoms with Crippen molar-refractivity contribution in [3.8, 4) is 5.75 Å². The van der Waals surface area contributed by atoms with Crippen molar-refractivity contribution in [3.63, 3.8) is 0 Å². The summed E-state index contributed by atoms with van der Waals surface area (Å²) < 4.78 is 5.76. The van der Waals surface area contributed by atoms with Gasteiger partial charge in [-0.05, 0) is 36.8 Å². The Bertz CT molecular complexity index is 373. The van der Waals surface area contributed by atoms with E-state index in [-0.39, 0.29) is 6.04 Å². The maximum atomic E-state index is 6.09. The largest absolute Gasteiger partial charge is 0.493 e. The van der Waals surface area contributed by atoms with Gasteiger partial charge in [-0.2, -0.15) is 0 Å². The summed E-state index contributed by atoms with van der Waals surface area (Å²) in [5.41, 5.74) is 10.1. The van der Waals surface area contributed by atoms with E-state index in [1.165, 1.54) is 16.7 Å². The molecule has 0 spiro atoms. The van der Waals surface area contributed by atoms with Gasteiger partial charge in [0, 0.05) is 11.6 Å². The van der Waals surface area contributed by atoms with Crippen molar-refractivity contribution in [2.75, 3.05) is 6.61 Å². The van der Waals surface area contributed by atoms with Gasteiger partial charge in [0.15, 0.2) is 0 Å². The van der Waals surface area contributed by atoms with Crippen molar-refractivity contribution in [3.05, 3.63) is 28.8 Å². The molecular formula is C12H15NO. The highest BCUT2D eigenvalue weighted by atomic mass is 16.5. The molecule has 1 aromatic carbocycles.